The molecule has 0 aliphatic carbocycles. The average Bonchev–Trinajstić information content (AvgIpc) is 2.26. The molecule has 0 aliphatic heterocycles. The molecule has 6 heteroatoms. The molecule has 108 valence electrons. The maximum absolute atomic E-state index is 9.72. The van der Waals surface area contributed by atoms with Crippen LogP contribution in [-0.4, -0.2) is 30.0 Å². The third kappa shape index (κ3) is 6.99. The summed E-state index contributed by atoms with van der Waals surface area (Å²) < 4.78 is 5.40. The summed E-state index contributed by atoms with van der Waals surface area (Å²) in [6, 6.07) is 4.93. The van der Waals surface area contributed by atoms with E-state index < -0.39 is 6.10 Å². The van der Waals surface area contributed by atoms with Gasteiger partial charge in [-0.15, -0.1) is 0 Å². The van der Waals surface area contributed by atoms with Crippen LogP contribution in [0.25, 0.3) is 0 Å². The summed E-state index contributed by atoms with van der Waals surface area (Å²) >= 11 is 11.7. The second-order valence-corrected chi connectivity index (χ2v) is 5.95. The van der Waals surface area contributed by atoms with Crippen molar-refractivity contribution < 1.29 is 14.7 Å². The lowest BCUT2D eigenvalue weighted by Crippen LogP contribution is -2.36. The Bertz CT molecular complexity index is 407. The lowest BCUT2D eigenvalue weighted by atomic mass is 10.2. The van der Waals surface area contributed by atoms with Crippen molar-refractivity contribution in [1.29, 1.82) is 0 Å². The molecule has 0 radical (unpaired) electrons. The van der Waals surface area contributed by atoms with E-state index >= 15 is 0 Å². The van der Waals surface area contributed by atoms with E-state index in [0.717, 1.165) is 0 Å². The molecule has 2 N–H and O–H groups in total. The summed E-state index contributed by atoms with van der Waals surface area (Å²) in [5.41, 5.74) is 2.40. The molecule has 0 saturated carbocycles. The van der Waals surface area contributed by atoms with Crippen LogP contribution in [0.3, 0.4) is 0 Å². The Balaban J connectivity index is 2.32. The van der Waals surface area contributed by atoms with E-state index in [2.05, 4.69) is 5.48 Å². The topological polar surface area (TPSA) is 50.7 Å². The minimum atomic E-state index is -0.700. The third-order valence-corrected chi connectivity index (χ3v) is 2.55. The molecule has 0 saturated heterocycles. The number of rotatable bonds is 6. The van der Waals surface area contributed by atoms with Gasteiger partial charge in [-0.2, -0.15) is 5.48 Å². The van der Waals surface area contributed by atoms with Crippen LogP contribution in [0.2, 0.25) is 10.0 Å². The first-order valence-corrected chi connectivity index (χ1v) is 6.70. The van der Waals surface area contributed by atoms with Gasteiger partial charge in [0.1, 0.15) is 18.5 Å². The summed E-state index contributed by atoms with van der Waals surface area (Å²) in [5.74, 6) is 0.488. The first-order chi connectivity index (χ1) is 8.78. The molecule has 1 aromatic carbocycles. The highest BCUT2D eigenvalue weighted by atomic mass is 35.5. The zero-order valence-electron chi connectivity index (χ0n) is 11.2. The van der Waals surface area contributed by atoms with Crippen molar-refractivity contribution >= 4 is 23.2 Å². The number of ether oxygens (including phenoxy) is 1. The summed E-state index contributed by atoms with van der Waals surface area (Å²) in [6.45, 7) is 6.12. The number of nitrogens with one attached hydrogen (secondary N) is 1. The second kappa shape index (κ2) is 7.31. The van der Waals surface area contributed by atoms with E-state index in [9.17, 15) is 5.11 Å². The number of hydrogen-bond acceptors (Lipinski definition) is 4. The number of aliphatic hydroxyl groups excluding tert-OH is 1. The monoisotopic (exact) mass is 307 g/mol. The molecule has 1 rings (SSSR count). The van der Waals surface area contributed by atoms with E-state index in [-0.39, 0.29) is 18.8 Å². The summed E-state index contributed by atoms with van der Waals surface area (Å²) in [7, 11) is 0. The largest absolute Gasteiger partial charge is 0.489 e. The number of hydroxylamine groups is 1. The zero-order valence-corrected chi connectivity index (χ0v) is 12.8. The fourth-order valence-corrected chi connectivity index (χ4v) is 1.65. The van der Waals surface area contributed by atoms with Crippen molar-refractivity contribution in [3.8, 4) is 5.75 Å². The van der Waals surface area contributed by atoms with Crippen LogP contribution in [0.1, 0.15) is 20.8 Å². The van der Waals surface area contributed by atoms with Gasteiger partial charge in [-0.1, -0.05) is 23.2 Å². The van der Waals surface area contributed by atoms with E-state index in [1.807, 2.05) is 20.8 Å². The Hall–Kier alpha value is -0.520. The van der Waals surface area contributed by atoms with Crippen molar-refractivity contribution in [2.24, 2.45) is 0 Å². The minimum absolute atomic E-state index is 0.113. The van der Waals surface area contributed by atoms with Gasteiger partial charge in [0.15, 0.2) is 0 Å². The first kappa shape index (κ1) is 16.5. The highest BCUT2D eigenvalue weighted by Crippen LogP contribution is 2.27. The van der Waals surface area contributed by atoms with Crippen molar-refractivity contribution in [2.45, 2.75) is 32.5 Å². The van der Waals surface area contributed by atoms with Crippen LogP contribution in [-0.2, 0) is 4.84 Å². The van der Waals surface area contributed by atoms with E-state index in [1.165, 1.54) is 0 Å². The number of aliphatic hydroxyl groups is 1. The number of hydrogen-bond donors (Lipinski definition) is 2. The molecule has 1 unspecified atom stereocenters. The van der Waals surface area contributed by atoms with Crippen LogP contribution in [0.5, 0.6) is 5.75 Å². The Morgan fingerprint density at radius 1 is 1.32 bits per heavy atom. The van der Waals surface area contributed by atoms with Gasteiger partial charge in [0.05, 0.1) is 17.2 Å². The maximum Gasteiger partial charge on any atom is 0.138 e. The fourth-order valence-electron chi connectivity index (χ4n) is 1.19. The average molecular weight is 308 g/mol. The molecule has 1 aromatic rings. The van der Waals surface area contributed by atoms with Gasteiger partial charge in [0.25, 0.3) is 0 Å². The molecule has 0 amide bonds. The molecule has 0 bridgehead atoms. The smallest absolute Gasteiger partial charge is 0.138 e. The van der Waals surface area contributed by atoms with E-state index in [0.29, 0.717) is 15.8 Å². The number of halogens is 2. The van der Waals surface area contributed by atoms with Gasteiger partial charge >= 0.3 is 0 Å². The molecule has 0 heterocycles. The predicted octanol–water partition coefficient (Wildman–Crippen LogP) is 3.05. The van der Waals surface area contributed by atoms with Gasteiger partial charge in [0.2, 0.25) is 0 Å². The Kier molecular flexibility index (Phi) is 6.36. The molecule has 0 spiro atoms. The summed E-state index contributed by atoms with van der Waals surface area (Å²) in [4.78, 5) is 5.28. The predicted molar refractivity (Wildman–Crippen MR) is 76.8 cm³/mol. The maximum atomic E-state index is 9.72. The molecule has 19 heavy (non-hydrogen) atoms. The van der Waals surface area contributed by atoms with Gasteiger partial charge < -0.3 is 9.84 Å². The lowest BCUT2D eigenvalue weighted by Gasteiger charge is -2.21. The van der Waals surface area contributed by atoms with Crippen molar-refractivity contribution in [2.75, 3.05) is 13.2 Å². The molecule has 0 fully saturated rings. The second-order valence-electron chi connectivity index (χ2n) is 5.10. The van der Waals surface area contributed by atoms with Crippen molar-refractivity contribution in [3.05, 3.63) is 28.2 Å². The van der Waals surface area contributed by atoms with Crippen LogP contribution < -0.4 is 10.2 Å². The Labute approximate surface area is 123 Å². The SMILES string of the molecule is CC(C)(C)ONCC(O)COc1ccc(Cl)cc1Cl. The van der Waals surface area contributed by atoms with Gasteiger partial charge in [-0.3, -0.25) is 4.84 Å². The normalized spacial score (nSPS) is 13.4. The minimum Gasteiger partial charge on any atom is -0.489 e. The van der Waals surface area contributed by atoms with Crippen LogP contribution in [0.15, 0.2) is 18.2 Å². The molecular formula is C13H19Cl2NO3. The highest BCUT2D eigenvalue weighted by Gasteiger charge is 2.12. The third-order valence-electron chi connectivity index (χ3n) is 2.02. The Morgan fingerprint density at radius 2 is 2.00 bits per heavy atom. The quantitative estimate of drug-likeness (QED) is 0.793. The number of benzene rings is 1. The Morgan fingerprint density at radius 3 is 2.58 bits per heavy atom. The van der Waals surface area contributed by atoms with E-state index in [1.54, 1.807) is 18.2 Å². The highest BCUT2D eigenvalue weighted by molar-refractivity contribution is 6.35. The first-order valence-electron chi connectivity index (χ1n) is 5.95. The molecular weight excluding hydrogens is 289 g/mol. The zero-order chi connectivity index (χ0) is 14.5. The van der Waals surface area contributed by atoms with Gasteiger partial charge in [0, 0.05) is 5.02 Å². The van der Waals surface area contributed by atoms with Gasteiger partial charge in [-0.25, -0.2) is 0 Å². The van der Waals surface area contributed by atoms with Crippen molar-refractivity contribution in [1.82, 2.24) is 5.48 Å². The molecule has 0 aromatic heterocycles. The standard InChI is InChI=1S/C13H19Cl2NO3/c1-13(2,3)19-16-7-10(17)8-18-12-5-4-9(14)6-11(12)15/h4-6,10,16-17H,7-8H2,1-3H3. The molecule has 0 aliphatic rings. The lowest BCUT2D eigenvalue weighted by molar-refractivity contribution is -0.0857. The van der Waals surface area contributed by atoms with Crippen LogP contribution in [0, 0.1) is 0 Å². The van der Waals surface area contributed by atoms with E-state index in [4.69, 9.17) is 32.8 Å². The summed E-state index contributed by atoms with van der Waals surface area (Å²) in [6.07, 6.45) is -0.700. The molecule has 1 atom stereocenters. The summed E-state index contributed by atoms with van der Waals surface area (Å²) in [5, 5.41) is 10.7. The molecule has 4 nitrogen and oxygen atoms in total. The fraction of sp³-hybridized carbons (Fsp3) is 0.538. The van der Waals surface area contributed by atoms with Crippen molar-refractivity contribution in [3.63, 3.8) is 0 Å². The van der Waals surface area contributed by atoms with Crippen LogP contribution >= 0.6 is 23.2 Å². The van der Waals surface area contributed by atoms with Gasteiger partial charge in [-0.05, 0) is 39.0 Å². The van der Waals surface area contributed by atoms with Crippen LogP contribution in [0.4, 0.5) is 0 Å².